The molecule has 0 radical (unpaired) electrons. The first-order valence-corrected chi connectivity index (χ1v) is 9.95. The van der Waals surface area contributed by atoms with Gasteiger partial charge in [-0.25, -0.2) is 0 Å². The largest absolute Gasteiger partial charge is 0.494 e. The lowest BCUT2D eigenvalue weighted by Crippen LogP contribution is -2.65. The van der Waals surface area contributed by atoms with E-state index in [9.17, 15) is 9.90 Å². The summed E-state index contributed by atoms with van der Waals surface area (Å²) in [7, 11) is 0. The maximum absolute atomic E-state index is 13.0. The smallest absolute Gasteiger partial charge is 0.164 e. The van der Waals surface area contributed by atoms with Gasteiger partial charge in [-0.2, -0.15) is 0 Å². The Balaban J connectivity index is 1.57. The molecule has 3 aliphatic carbocycles. The molecular weight excluding hydrogens is 340 g/mol. The average molecular weight is 366 g/mol. The summed E-state index contributed by atoms with van der Waals surface area (Å²) in [5.41, 5.74) is 1.70. The third kappa shape index (κ3) is 2.08. The zero-order valence-corrected chi connectivity index (χ0v) is 15.9. The van der Waals surface area contributed by atoms with E-state index in [1.807, 2.05) is 19.9 Å². The van der Waals surface area contributed by atoms with Crippen molar-refractivity contribution in [2.75, 3.05) is 6.61 Å². The van der Waals surface area contributed by atoms with Gasteiger partial charge in [-0.15, -0.1) is 0 Å². The number of carbonyl (C=O) groups excluding carboxylic acids is 1. The van der Waals surface area contributed by atoms with Crippen LogP contribution in [-0.2, 0) is 20.7 Å². The molecule has 1 aromatic carbocycles. The fourth-order valence-corrected chi connectivity index (χ4v) is 5.98. The fourth-order valence-electron chi connectivity index (χ4n) is 5.98. The van der Waals surface area contributed by atoms with Crippen LogP contribution in [0.3, 0.4) is 0 Å². The monoisotopic (exact) mass is 366 g/mol. The average Bonchev–Trinajstić information content (AvgIpc) is 3.46. The Hall–Kier alpha value is -1.91. The van der Waals surface area contributed by atoms with Gasteiger partial charge < -0.3 is 14.6 Å². The lowest BCUT2D eigenvalue weighted by atomic mass is 9.48. The second-order valence-corrected chi connectivity index (χ2v) is 8.56. The summed E-state index contributed by atoms with van der Waals surface area (Å²) in [5.74, 6) is 0.997. The van der Waals surface area contributed by atoms with E-state index >= 15 is 0 Å². The van der Waals surface area contributed by atoms with Crippen molar-refractivity contribution in [1.29, 1.82) is 0 Å². The topological polar surface area (TPSA) is 59.1 Å². The predicted molar refractivity (Wildman–Crippen MR) is 102 cm³/mol. The van der Waals surface area contributed by atoms with Crippen LogP contribution < -0.4 is 0 Å². The van der Waals surface area contributed by atoms with Gasteiger partial charge in [0.15, 0.2) is 5.78 Å². The van der Waals surface area contributed by atoms with E-state index in [1.165, 1.54) is 11.1 Å². The number of ketones is 1. The lowest BCUT2D eigenvalue weighted by Gasteiger charge is -2.55. The summed E-state index contributed by atoms with van der Waals surface area (Å²) in [4.78, 5) is 13.0. The standard InChI is InChI=1S/C23H26O4/c1-4-26-13(2)14-7-9-16-15(12-14)8-10-17-19(16)20-21(27-20)23(25)11-5-6-18(24)22(17,23)3/h5-7,9,12,17,19-21,25H,2,4,8,10-11H2,1,3H3/t17-,19-,20-,21-,22-,23-/m0/s1. The molecular formula is C23H26O4. The number of rotatable bonds is 3. The molecule has 27 heavy (non-hydrogen) atoms. The number of allylic oxidation sites excluding steroid dienone is 1. The van der Waals surface area contributed by atoms with Gasteiger partial charge in [0, 0.05) is 11.5 Å². The highest BCUT2D eigenvalue weighted by molar-refractivity contribution is 5.97. The molecule has 0 bridgehead atoms. The number of ether oxygens (including phenoxy) is 2. The molecule has 4 heteroatoms. The molecule has 1 N–H and O–H groups in total. The number of benzene rings is 1. The van der Waals surface area contributed by atoms with Crippen LogP contribution in [0.25, 0.3) is 5.76 Å². The molecule has 0 spiro atoms. The van der Waals surface area contributed by atoms with Crippen LogP contribution in [-0.4, -0.2) is 35.3 Å². The fraction of sp³-hybridized carbons (Fsp3) is 0.522. The Morgan fingerprint density at radius 1 is 1.44 bits per heavy atom. The number of hydrogen-bond acceptors (Lipinski definition) is 4. The van der Waals surface area contributed by atoms with E-state index in [1.54, 1.807) is 6.08 Å². The number of aliphatic hydroxyl groups is 1. The van der Waals surface area contributed by atoms with Crippen molar-refractivity contribution >= 4 is 11.5 Å². The SMILES string of the molecule is C=C(OCC)c1ccc2c(c1)CC[C@H]1[C@H]2[C@@H]2O[C@@H]2[C@@]2(O)CC=CC(=O)[C@]12C. The Labute approximate surface area is 159 Å². The van der Waals surface area contributed by atoms with Crippen molar-refractivity contribution in [3.63, 3.8) is 0 Å². The molecule has 1 aromatic rings. The minimum Gasteiger partial charge on any atom is -0.494 e. The van der Waals surface area contributed by atoms with Crippen molar-refractivity contribution in [1.82, 2.24) is 0 Å². The number of hydrogen-bond donors (Lipinski definition) is 1. The second kappa shape index (κ2) is 5.55. The van der Waals surface area contributed by atoms with Gasteiger partial charge in [0.1, 0.15) is 17.5 Å². The minimum absolute atomic E-state index is 0.00682. The molecule has 6 atom stereocenters. The number of fused-ring (bicyclic) bond motifs is 8. The van der Waals surface area contributed by atoms with Crippen molar-refractivity contribution < 1.29 is 19.4 Å². The first-order chi connectivity index (χ1) is 12.9. The van der Waals surface area contributed by atoms with Gasteiger partial charge in [-0.1, -0.05) is 24.8 Å². The van der Waals surface area contributed by atoms with Gasteiger partial charge in [-0.3, -0.25) is 4.79 Å². The summed E-state index contributed by atoms with van der Waals surface area (Å²) in [6, 6.07) is 6.39. The molecule has 1 saturated carbocycles. The first kappa shape index (κ1) is 17.2. The highest BCUT2D eigenvalue weighted by Crippen LogP contribution is 2.66. The summed E-state index contributed by atoms with van der Waals surface area (Å²) >= 11 is 0. The quantitative estimate of drug-likeness (QED) is 0.658. The lowest BCUT2D eigenvalue weighted by molar-refractivity contribution is -0.164. The Morgan fingerprint density at radius 2 is 2.26 bits per heavy atom. The Kier molecular flexibility index (Phi) is 3.54. The van der Waals surface area contributed by atoms with E-state index in [0.29, 0.717) is 18.8 Å². The number of aryl methyl sites for hydroxylation is 1. The summed E-state index contributed by atoms with van der Waals surface area (Å²) in [6.07, 6.45) is 5.51. The van der Waals surface area contributed by atoms with Gasteiger partial charge >= 0.3 is 0 Å². The van der Waals surface area contributed by atoms with Crippen LogP contribution in [0.4, 0.5) is 0 Å². The molecule has 0 aromatic heterocycles. The maximum Gasteiger partial charge on any atom is 0.164 e. The Bertz CT molecular complexity index is 871. The molecule has 0 amide bonds. The zero-order valence-electron chi connectivity index (χ0n) is 15.9. The van der Waals surface area contributed by atoms with Gasteiger partial charge in [0.25, 0.3) is 0 Å². The minimum atomic E-state index is -1.08. The van der Waals surface area contributed by atoms with Crippen LogP contribution in [0.15, 0.2) is 36.9 Å². The molecule has 1 saturated heterocycles. The molecule has 1 heterocycles. The van der Waals surface area contributed by atoms with Crippen molar-refractivity contribution in [3.8, 4) is 0 Å². The van der Waals surface area contributed by atoms with E-state index in [-0.39, 0.29) is 29.8 Å². The van der Waals surface area contributed by atoms with E-state index in [4.69, 9.17) is 9.47 Å². The molecule has 2 fully saturated rings. The zero-order chi connectivity index (χ0) is 19.0. The highest BCUT2D eigenvalue weighted by atomic mass is 16.6. The van der Waals surface area contributed by atoms with Gasteiger partial charge in [0.05, 0.1) is 18.1 Å². The molecule has 142 valence electrons. The molecule has 1 aliphatic heterocycles. The van der Waals surface area contributed by atoms with E-state index < -0.39 is 11.0 Å². The highest BCUT2D eigenvalue weighted by Gasteiger charge is 2.74. The van der Waals surface area contributed by atoms with E-state index in [0.717, 1.165) is 18.4 Å². The first-order valence-electron chi connectivity index (χ1n) is 9.95. The van der Waals surface area contributed by atoms with E-state index in [2.05, 4.69) is 24.8 Å². The second-order valence-electron chi connectivity index (χ2n) is 8.56. The van der Waals surface area contributed by atoms with Crippen LogP contribution in [0.1, 0.15) is 49.3 Å². The molecule has 0 unspecified atom stereocenters. The summed E-state index contributed by atoms with van der Waals surface area (Å²) in [6.45, 7) is 8.54. The predicted octanol–water partition coefficient (Wildman–Crippen LogP) is 3.39. The van der Waals surface area contributed by atoms with Gasteiger partial charge in [0.2, 0.25) is 0 Å². The molecule has 4 nitrogen and oxygen atoms in total. The van der Waals surface area contributed by atoms with Crippen LogP contribution in [0.5, 0.6) is 0 Å². The number of carbonyl (C=O) groups is 1. The third-order valence-electron chi connectivity index (χ3n) is 7.50. The third-order valence-corrected chi connectivity index (χ3v) is 7.50. The van der Waals surface area contributed by atoms with Crippen LogP contribution in [0.2, 0.25) is 0 Å². The summed E-state index contributed by atoms with van der Waals surface area (Å²) in [5, 5.41) is 11.5. The summed E-state index contributed by atoms with van der Waals surface area (Å²) < 4.78 is 11.6. The van der Waals surface area contributed by atoms with Crippen molar-refractivity contribution in [3.05, 3.63) is 53.6 Å². The van der Waals surface area contributed by atoms with Gasteiger partial charge in [-0.05, 0) is 62.3 Å². The maximum atomic E-state index is 13.0. The van der Waals surface area contributed by atoms with Crippen molar-refractivity contribution in [2.24, 2.45) is 11.3 Å². The van der Waals surface area contributed by atoms with Crippen molar-refractivity contribution in [2.45, 2.75) is 56.8 Å². The normalized spacial score (nSPS) is 41.1. The van der Waals surface area contributed by atoms with Crippen LogP contribution >= 0.6 is 0 Å². The Morgan fingerprint density at radius 3 is 3.04 bits per heavy atom. The molecule has 4 aliphatic rings. The van der Waals surface area contributed by atoms with Crippen LogP contribution in [0, 0.1) is 11.3 Å². The number of epoxide rings is 1. The molecule has 5 rings (SSSR count).